The van der Waals surface area contributed by atoms with Crippen LogP contribution in [0.3, 0.4) is 0 Å². The summed E-state index contributed by atoms with van der Waals surface area (Å²) in [5.41, 5.74) is 0. The van der Waals surface area contributed by atoms with E-state index in [0.29, 0.717) is 0 Å². The minimum atomic E-state index is -3.86. The lowest BCUT2D eigenvalue weighted by atomic mass is 10.6. The van der Waals surface area contributed by atoms with E-state index in [1.54, 1.807) is 0 Å². The maximum Gasteiger partial charge on any atom is 0.266 e. The monoisotopic (exact) mass is 158 g/mol. The topological polar surface area (TPSA) is 54.4 Å². The fraction of sp³-hybridized carbons (Fsp3) is 1.00. The highest BCUT2D eigenvalue weighted by Gasteiger charge is 2.07. The fourth-order valence-corrected chi connectivity index (χ4v) is 1.35. The molecule has 0 aromatic carbocycles. The van der Waals surface area contributed by atoms with E-state index in [2.05, 4.69) is 0 Å². The zero-order chi connectivity index (χ0) is 6.78. The second-order valence-electron chi connectivity index (χ2n) is 1.53. The molecule has 1 N–H and O–H groups in total. The average Bonchev–Trinajstić information content (AvgIpc) is 1.21. The van der Waals surface area contributed by atoms with E-state index in [1.165, 1.54) is 6.92 Å². The van der Waals surface area contributed by atoms with Crippen molar-refractivity contribution in [3.05, 3.63) is 0 Å². The molecule has 0 aromatic heterocycles. The van der Waals surface area contributed by atoms with Crippen LogP contribution in [0.15, 0.2) is 0 Å². The van der Waals surface area contributed by atoms with Crippen LogP contribution in [-0.2, 0) is 10.1 Å². The number of rotatable bonds is 2. The minimum Gasteiger partial charge on any atom is -0.286 e. The normalized spacial score (nSPS) is 15.9. The molecule has 0 bridgehead atoms. The van der Waals surface area contributed by atoms with E-state index in [9.17, 15) is 8.42 Å². The van der Waals surface area contributed by atoms with Crippen molar-refractivity contribution in [1.82, 2.24) is 0 Å². The molecule has 0 aliphatic carbocycles. The van der Waals surface area contributed by atoms with Crippen LogP contribution in [0.5, 0.6) is 0 Å². The molecule has 0 aromatic rings. The van der Waals surface area contributed by atoms with Gasteiger partial charge in [0.2, 0.25) is 0 Å². The van der Waals surface area contributed by atoms with Crippen molar-refractivity contribution in [1.29, 1.82) is 0 Å². The lowest BCUT2D eigenvalue weighted by Gasteiger charge is -1.95. The summed E-state index contributed by atoms with van der Waals surface area (Å²) in [6, 6.07) is 0. The molecule has 1 atom stereocenters. The first-order valence-corrected chi connectivity index (χ1v) is 4.05. The molecule has 0 aliphatic heterocycles. The van der Waals surface area contributed by atoms with Crippen molar-refractivity contribution in [2.45, 2.75) is 12.3 Å². The summed E-state index contributed by atoms with van der Waals surface area (Å²) < 4.78 is 27.9. The van der Waals surface area contributed by atoms with E-state index in [-0.39, 0.29) is 5.75 Å². The van der Waals surface area contributed by atoms with Crippen LogP contribution in [0.4, 0.5) is 0 Å². The quantitative estimate of drug-likeness (QED) is 0.471. The van der Waals surface area contributed by atoms with Gasteiger partial charge in [0, 0.05) is 5.38 Å². The van der Waals surface area contributed by atoms with Crippen molar-refractivity contribution in [3.63, 3.8) is 0 Å². The first-order chi connectivity index (χ1) is 3.42. The predicted molar refractivity (Wildman–Crippen MR) is 31.7 cm³/mol. The van der Waals surface area contributed by atoms with Crippen molar-refractivity contribution >= 4 is 21.7 Å². The Bertz CT molecular complexity index is 148. The molecule has 3 nitrogen and oxygen atoms in total. The molecule has 0 amide bonds. The molecule has 0 aliphatic rings. The van der Waals surface area contributed by atoms with Gasteiger partial charge in [-0.05, 0) is 6.92 Å². The first kappa shape index (κ1) is 8.20. The van der Waals surface area contributed by atoms with Gasteiger partial charge in [-0.3, -0.25) is 4.55 Å². The van der Waals surface area contributed by atoms with Gasteiger partial charge < -0.3 is 0 Å². The Morgan fingerprint density at radius 2 is 2.12 bits per heavy atom. The van der Waals surface area contributed by atoms with Gasteiger partial charge >= 0.3 is 0 Å². The summed E-state index contributed by atoms with van der Waals surface area (Å²) in [5, 5.41) is -0.523. The summed E-state index contributed by atoms with van der Waals surface area (Å²) >= 11 is 5.22. The number of hydrogen-bond acceptors (Lipinski definition) is 2. The maximum absolute atomic E-state index is 9.91. The molecule has 0 radical (unpaired) electrons. The third-order valence-corrected chi connectivity index (χ3v) is 1.70. The zero-order valence-electron chi connectivity index (χ0n) is 4.33. The van der Waals surface area contributed by atoms with Crippen LogP contribution in [0, 0.1) is 0 Å². The Balaban J connectivity index is 3.75. The molecule has 1 unspecified atom stereocenters. The summed E-state index contributed by atoms with van der Waals surface area (Å²) in [6.07, 6.45) is 0. The Kier molecular flexibility index (Phi) is 2.73. The molecule has 50 valence electrons. The van der Waals surface area contributed by atoms with Gasteiger partial charge in [-0.2, -0.15) is 8.42 Å². The van der Waals surface area contributed by atoms with Crippen LogP contribution in [0.2, 0.25) is 0 Å². The minimum absolute atomic E-state index is 0.380. The molecule has 0 spiro atoms. The number of halogens is 1. The van der Waals surface area contributed by atoms with E-state index >= 15 is 0 Å². The average molecular weight is 159 g/mol. The Labute approximate surface area is 53.4 Å². The number of alkyl halides is 1. The van der Waals surface area contributed by atoms with E-state index in [1.807, 2.05) is 0 Å². The van der Waals surface area contributed by atoms with Crippen LogP contribution < -0.4 is 0 Å². The Morgan fingerprint density at radius 1 is 1.75 bits per heavy atom. The van der Waals surface area contributed by atoms with E-state index in [0.717, 1.165) is 0 Å². The summed E-state index contributed by atoms with van der Waals surface area (Å²) in [6.45, 7) is 1.50. The van der Waals surface area contributed by atoms with E-state index in [4.69, 9.17) is 16.2 Å². The van der Waals surface area contributed by atoms with Crippen LogP contribution in [0.1, 0.15) is 6.92 Å². The highest BCUT2D eigenvalue weighted by molar-refractivity contribution is 7.85. The Hall–Kier alpha value is 0.200. The molecule has 0 rings (SSSR count). The second-order valence-corrected chi connectivity index (χ2v) is 3.77. The number of hydrogen-bond donors (Lipinski definition) is 1. The molecule has 0 heterocycles. The second kappa shape index (κ2) is 2.66. The van der Waals surface area contributed by atoms with Gasteiger partial charge in [0.1, 0.15) is 0 Å². The van der Waals surface area contributed by atoms with Crippen LogP contribution in [0.25, 0.3) is 0 Å². The molecule has 0 fully saturated rings. The van der Waals surface area contributed by atoms with E-state index < -0.39 is 15.5 Å². The van der Waals surface area contributed by atoms with Gasteiger partial charge in [0.05, 0.1) is 5.75 Å². The molecule has 5 heteroatoms. The van der Waals surface area contributed by atoms with Gasteiger partial charge in [-0.1, -0.05) is 0 Å². The molecular weight excluding hydrogens is 152 g/mol. The van der Waals surface area contributed by atoms with Crippen LogP contribution >= 0.6 is 11.6 Å². The predicted octanol–water partition coefficient (Wildman–Crippen LogP) is 0.502. The first-order valence-electron chi connectivity index (χ1n) is 2.01. The zero-order valence-corrected chi connectivity index (χ0v) is 5.91. The highest BCUT2D eigenvalue weighted by Crippen LogP contribution is 1.96. The third-order valence-electron chi connectivity index (χ3n) is 0.440. The molecular formula is C3H7ClO3S. The highest BCUT2D eigenvalue weighted by atomic mass is 35.5. The van der Waals surface area contributed by atoms with Gasteiger partial charge in [0.25, 0.3) is 10.1 Å². The summed E-state index contributed by atoms with van der Waals surface area (Å²) in [5.74, 6) is -0.380. The Morgan fingerprint density at radius 3 is 2.12 bits per heavy atom. The third kappa shape index (κ3) is 6.20. The SMILES string of the molecule is CC(Cl)CS(=O)(=O)O. The maximum atomic E-state index is 9.91. The van der Waals surface area contributed by atoms with Crippen molar-refractivity contribution in [2.24, 2.45) is 0 Å². The largest absolute Gasteiger partial charge is 0.286 e. The smallest absolute Gasteiger partial charge is 0.266 e. The summed E-state index contributed by atoms with van der Waals surface area (Å²) in [7, 11) is -3.86. The molecule has 0 saturated carbocycles. The van der Waals surface area contributed by atoms with Gasteiger partial charge in [-0.25, -0.2) is 0 Å². The molecule has 0 saturated heterocycles. The van der Waals surface area contributed by atoms with Gasteiger partial charge in [-0.15, -0.1) is 11.6 Å². The van der Waals surface area contributed by atoms with Gasteiger partial charge in [0.15, 0.2) is 0 Å². The van der Waals surface area contributed by atoms with Crippen molar-refractivity contribution in [3.8, 4) is 0 Å². The van der Waals surface area contributed by atoms with Crippen LogP contribution in [-0.4, -0.2) is 24.1 Å². The van der Waals surface area contributed by atoms with Crippen molar-refractivity contribution < 1.29 is 13.0 Å². The lowest BCUT2D eigenvalue weighted by molar-refractivity contribution is 0.482. The summed E-state index contributed by atoms with van der Waals surface area (Å²) in [4.78, 5) is 0. The standard InChI is InChI=1S/C3H7ClO3S/c1-3(4)2-8(5,6)7/h3H,2H2,1H3,(H,5,6,7). The fourth-order valence-electron chi connectivity index (χ4n) is 0.290. The lowest BCUT2D eigenvalue weighted by Crippen LogP contribution is -2.11. The molecule has 8 heavy (non-hydrogen) atoms. The van der Waals surface area contributed by atoms with Crippen molar-refractivity contribution in [2.75, 3.05) is 5.75 Å².